The Morgan fingerprint density at radius 3 is 2.43 bits per heavy atom. The summed E-state index contributed by atoms with van der Waals surface area (Å²) < 4.78 is 0. The molecular formula is C23H27ClN6. The normalized spacial score (nSPS) is 14.1. The van der Waals surface area contributed by atoms with Crippen molar-refractivity contribution in [3.05, 3.63) is 65.4 Å². The van der Waals surface area contributed by atoms with Gasteiger partial charge in [0, 0.05) is 49.1 Å². The van der Waals surface area contributed by atoms with E-state index in [-0.39, 0.29) is 0 Å². The van der Waals surface area contributed by atoms with E-state index in [2.05, 4.69) is 68.8 Å². The topological polar surface area (TPSA) is 61.5 Å². The number of rotatable bonds is 5. The van der Waals surface area contributed by atoms with E-state index in [1.807, 2.05) is 18.2 Å². The van der Waals surface area contributed by atoms with E-state index in [0.29, 0.717) is 5.69 Å². The van der Waals surface area contributed by atoms with E-state index >= 15 is 0 Å². The fourth-order valence-electron chi connectivity index (χ4n) is 3.94. The molecule has 0 bridgehead atoms. The first kappa shape index (κ1) is 20.3. The number of halogens is 1. The molecule has 0 radical (unpaired) electrons. The highest BCUT2D eigenvalue weighted by Crippen LogP contribution is 2.34. The Bertz CT molecular complexity index is 1020. The Morgan fingerprint density at radius 2 is 1.73 bits per heavy atom. The molecule has 6 nitrogen and oxygen atoms in total. The minimum absolute atomic E-state index is 0.622. The first-order valence-electron chi connectivity index (χ1n) is 10.3. The molecule has 0 aliphatic carbocycles. The Hall–Kier alpha value is -2.99. The summed E-state index contributed by atoms with van der Waals surface area (Å²) in [4.78, 5) is 15.8. The number of nitrogen functional groups attached to an aromatic ring is 1. The molecule has 156 valence electrons. The van der Waals surface area contributed by atoms with Gasteiger partial charge >= 0.3 is 0 Å². The lowest BCUT2D eigenvalue weighted by molar-refractivity contribution is 0.647. The number of benzene rings is 2. The highest BCUT2D eigenvalue weighted by molar-refractivity contribution is 6.30. The molecule has 0 spiro atoms. The Labute approximate surface area is 182 Å². The maximum absolute atomic E-state index is 6.59. The van der Waals surface area contributed by atoms with Gasteiger partial charge in [-0.25, -0.2) is 9.97 Å². The van der Waals surface area contributed by atoms with Crippen LogP contribution in [0.4, 0.5) is 28.7 Å². The first-order valence-corrected chi connectivity index (χ1v) is 10.6. The lowest BCUT2D eigenvalue weighted by Crippen LogP contribution is -2.47. The Kier molecular flexibility index (Phi) is 5.95. The number of nitrogens with two attached hydrogens (primary N) is 1. The van der Waals surface area contributed by atoms with Gasteiger partial charge in [-0.2, -0.15) is 0 Å². The number of piperazine rings is 1. The maximum atomic E-state index is 6.59. The summed E-state index contributed by atoms with van der Waals surface area (Å²) in [6.45, 7) is 8.40. The molecule has 0 amide bonds. The van der Waals surface area contributed by atoms with Crippen LogP contribution in [0.2, 0.25) is 5.02 Å². The number of hydrogen-bond donors (Lipinski definition) is 1. The van der Waals surface area contributed by atoms with Crippen molar-refractivity contribution < 1.29 is 0 Å². The van der Waals surface area contributed by atoms with E-state index in [1.54, 1.807) is 6.33 Å². The molecule has 0 atom stereocenters. The van der Waals surface area contributed by atoms with Crippen molar-refractivity contribution in [2.24, 2.45) is 0 Å². The van der Waals surface area contributed by atoms with Gasteiger partial charge in [-0.1, -0.05) is 29.8 Å². The lowest BCUT2D eigenvalue weighted by Gasteiger charge is -2.37. The quantitative estimate of drug-likeness (QED) is 0.652. The minimum atomic E-state index is 0.622. The van der Waals surface area contributed by atoms with Gasteiger partial charge in [-0.3, -0.25) is 0 Å². The zero-order valence-corrected chi connectivity index (χ0v) is 18.2. The maximum Gasteiger partial charge on any atom is 0.161 e. The second kappa shape index (κ2) is 8.79. The number of nitrogens with zero attached hydrogens (tertiary/aromatic N) is 5. The van der Waals surface area contributed by atoms with Crippen molar-refractivity contribution in [1.82, 2.24) is 9.97 Å². The summed E-state index contributed by atoms with van der Waals surface area (Å²) in [6.07, 6.45) is 1.61. The third kappa shape index (κ3) is 4.14. The molecule has 2 N–H and O–H groups in total. The largest absolute Gasteiger partial charge is 0.393 e. The molecule has 2 aromatic carbocycles. The van der Waals surface area contributed by atoms with Gasteiger partial charge in [0.1, 0.15) is 12.0 Å². The zero-order chi connectivity index (χ0) is 21.1. The monoisotopic (exact) mass is 422 g/mol. The highest BCUT2D eigenvalue weighted by Gasteiger charge is 2.23. The fraction of sp³-hybridized carbons (Fsp3) is 0.304. The van der Waals surface area contributed by atoms with Crippen molar-refractivity contribution in [2.75, 3.05) is 53.2 Å². The second-order valence-electron chi connectivity index (χ2n) is 7.47. The SMILES string of the molecule is CCN(c1cccc(C)c1)c1ncnc(N2CCN(c3cccc(Cl)c3)CC2)c1N. The van der Waals surface area contributed by atoms with Gasteiger partial charge in [0.25, 0.3) is 0 Å². The second-order valence-corrected chi connectivity index (χ2v) is 7.91. The van der Waals surface area contributed by atoms with Crippen LogP contribution >= 0.6 is 11.6 Å². The summed E-state index contributed by atoms with van der Waals surface area (Å²) >= 11 is 6.16. The first-order chi connectivity index (χ1) is 14.6. The van der Waals surface area contributed by atoms with Crippen LogP contribution in [0.5, 0.6) is 0 Å². The van der Waals surface area contributed by atoms with E-state index < -0.39 is 0 Å². The number of aromatic nitrogens is 2. The summed E-state index contributed by atoms with van der Waals surface area (Å²) in [5.74, 6) is 1.56. The molecule has 1 saturated heterocycles. The van der Waals surface area contributed by atoms with Crippen LogP contribution in [-0.4, -0.2) is 42.7 Å². The van der Waals surface area contributed by atoms with Crippen molar-refractivity contribution >= 4 is 40.3 Å². The van der Waals surface area contributed by atoms with Crippen LogP contribution in [0.3, 0.4) is 0 Å². The van der Waals surface area contributed by atoms with E-state index in [0.717, 1.165) is 60.8 Å². The van der Waals surface area contributed by atoms with E-state index in [4.69, 9.17) is 17.3 Å². The van der Waals surface area contributed by atoms with Crippen LogP contribution < -0.4 is 20.4 Å². The molecule has 2 heterocycles. The molecule has 0 saturated carbocycles. The summed E-state index contributed by atoms with van der Waals surface area (Å²) in [5.41, 5.74) is 10.7. The average molecular weight is 423 g/mol. The van der Waals surface area contributed by atoms with Crippen LogP contribution in [0, 0.1) is 6.92 Å². The molecule has 30 heavy (non-hydrogen) atoms. The fourth-order valence-corrected chi connectivity index (χ4v) is 4.13. The summed E-state index contributed by atoms with van der Waals surface area (Å²) in [7, 11) is 0. The molecule has 1 aromatic heterocycles. The average Bonchev–Trinajstić information content (AvgIpc) is 2.76. The summed E-state index contributed by atoms with van der Waals surface area (Å²) in [6, 6.07) is 16.4. The van der Waals surface area contributed by atoms with Crippen LogP contribution in [-0.2, 0) is 0 Å². The Morgan fingerprint density at radius 1 is 1.00 bits per heavy atom. The molecule has 0 unspecified atom stereocenters. The van der Waals surface area contributed by atoms with Gasteiger partial charge in [-0.05, 0) is 49.7 Å². The van der Waals surface area contributed by atoms with Gasteiger partial charge < -0.3 is 20.4 Å². The molecule has 1 fully saturated rings. The number of hydrogen-bond acceptors (Lipinski definition) is 6. The predicted molar refractivity (Wildman–Crippen MR) is 126 cm³/mol. The molecule has 4 rings (SSSR count). The van der Waals surface area contributed by atoms with Crippen LogP contribution in [0.25, 0.3) is 0 Å². The van der Waals surface area contributed by atoms with Gasteiger partial charge in [0.15, 0.2) is 11.6 Å². The standard InChI is InChI=1S/C23H27ClN6/c1-3-30(20-9-4-6-17(2)14-20)23-21(25)22(26-16-27-23)29-12-10-28(11-13-29)19-8-5-7-18(24)15-19/h4-9,14-16H,3,10-13,25H2,1-2H3. The number of anilines is 5. The third-order valence-electron chi connectivity index (χ3n) is 5.48. The van der Waals surface area contributed by atoms with Crippen LogP contribution in [0.1, 0.15) is 12.5 Å². The van der Waals surface area contributed by atoms with E-state index in [1.165, 1.54) is 5.56 Å². The predicted octanol–water partition coefficient (Wildman–Crippen LogP) is 4.51. The van der Waals surface area contributed by atoms with Crippen molar-refractivity contribution in [3.8, 4) is 0 Å². The molecule has 7 heteroatoms. The smallest absolute Gasteiger partial charge is 0.161 e. The van der Waals surface area contributed by atoms with Gasteiger partial charge in [-0.15, -0.1) is 0 Å². The number of aryl methyl sites for hydroxylation is 1. The molecule has 1 aliphatic rings. The molecule has 1 aliphatic heterocycles. The minimum Gasteiger partial charge on any atom is -0.393 e. The third-order valence-corrected chi connectivity index (χ3v) is 5.71. The van der Waals surface area contributed by atoms with E-state index in [9.17, 15) is 0 Å². The van der Waals surface area contributed by atoms with Crippen molar-refractivity contribution in [3.63, 3.8) is 0 Å². The highest BCUT2D eigenvalue weighted by atomic mass is 35.5. The zero-order valence-electron chi connectivity index (χ0n) is 17.4. The van der Waals surface area contributed by atoms with Crippen LogP contribution in [0.15, 0.2) is 54.9 Å². The van der Waals surface area contributed by atoms with Crippen molar-refractivity contribution in [2.45, 2.75) is 13.8 Å². The van der Waals surface area contributed by atoms with Crippen molar-refractivity contribution in [1.29, 1.82) is 0 Å². The van der Waals surface area contributed by atoms with Gasteiger partial charge in [0.05, 0.1) is 0 Å². The van der Waals surface area contributed by atoms with Gasteiger partial charge in [0.2, 0.25) is 0 Å². The molecule has 3 aromatic rings. The lowest BCUT2D eigenvalue weighted by atomic mass is 10.2. The summed E-state index contributed by atoms with van der Waals surface area (Å²) in [5, 5.41) is 0.760. The molecular weight excluding hydrogens is 396 g/mol. The Balaban J connectivity index is 1.55.